The van der Waals surface area contributed by atoms with Gasteiger partial charge in [-0.1, -0.05) is 13.8 Å². The highest BCUT2D eigenvalue weighted by Gasteiger charge is 2.51. The Kier molecular flexibility index (Phi) is 5.21. The summed E-state index contributed by atoms with van der Waals surface area (Å²) >= 11 is 0. The molecule has 0 amide bonds. The number of hydrogen-bond donors (Lipinski definition) is 2. The zero-order valence-electron chi connectivity index (χ0n) is 14.8. The van der Waals surface area contributed by atoms with Crippen LogP contribution in [0.15, 0.2) is 11.6 Å². The van der Waals surface area contributed by atoms with Crippen molar-refractivity contribution in [2.75, 3.05) is 33.9 Å². The number of quaternary nitrogens is 1. The Morgan fingerprint density at radius 3 is 2.70 bits per heavy atom. The summed E-state index contributed by atoms with van der Waals surface area (Å²) in [5, 5.41) is 20.9. The third-order valence-electron chi connectivity index (χ3n) is 5.67. The summed E-state index contributed by atoms with van der Waals surface area (Å²) in [5.41, 5.74) is -0.734. The fraction of sp³-hybridized carbons (Fsp3) is 0.824. The number of carbonyl (C=O) groups is 1. The first-order valence-corrected chi connectivity index (χ1v) is 8.30. The molecule has 0 aromatic heterocycles. The molecule has 6 nitrogen and oxygen atoms in total. The van der Waals surface area contributed by atoms with Crippen molar-refractivity contribution in [3.63, 3.8) is 0 Å². The number of aliphatic hydroxyl groups excluding tert-OH is 1. The number of rotatable bonds is 6. The monoisotopic (exact) mass is 328 g/mol. The lowest BCUT2D eigenvalue weighted by atomic mass is 9.85. The number of hydrogen-bond acceptors (Lipinski definition) is 5. The molecule has 0 bridgehead atoms. The lowest BCUT2D eigenvalue weighted by Crippen LogP contribution is -2.54. The van der Waals surface area contributed by atoms with E-state index < -0.39 is 23.8 Å². The molecule has 0 aliphatic carbocycles. The van der Waals surface area contributed by atoms with Gasteiger partial charge in [-0.05, 0) is 18.9 Å². The average molecular weight is 328 g/mol. The summed E-state index contributed by atoms with van der Waals surface area (Å²) in [4.78, 5) is 12.5. The Morgan fingerprint density at radius 2 is 2.13 bits per heavy atom. The summed E-state index contributed by atoms with van der Waals surface area (Å²) in [7, 11) is 3.58. The Hall–Kier alpha value is -0.950. The van der Waals surface area contributed by atoms with E-state index in [-0.39, 0.29) is 18.6 Å². The highest BCUT2D eigenvalue weighted by Crippen LogP contribution is 2.35. The van der Waals surface area contributed by atoms with Gasteiger partial charge in [-0.15, -0.1) is 0 Å². The lowest BCUT2D eigenvalue weighted by Gasteiger charge is -2.35. The second kappa shape index (κ2) is 6.51. The van der Waals surface area contributed by atoms with Gasteiger partial charge in [-0.25, -0.2) is 4.79 Å². The van der Waals surface area contributed by atoms with Crippen molar-refractivity contribution < 1.29 is 29.0 Å². The number of likely N-dealkylation sites (N-methyl/N-ethyl adjacent to an activating group) is 1. The van der Waals surface area contributed by atoms with Crippen LogP contribution >= 0.6 is 0 Å². The van der Waals surface area contributed by atoms with Crippen molar-refractivity contribution in [1.82, 2.24) is 0 Å². The standard InChI is InChI=1S/C17H30NO5/c1-11(2)17(21,12(3)22-5)16(20)23-10-13-6-8-18(4)9-7-14(19)15(13)18/h6,11-12,14-15,19,21H,7-10H2,1-5H3/q+1. The van der Waals surface area contributed by atoms with Crippen LogP contribution in [0, 0.1) is 5.92 Å². The zero-order valence-corrected chi connectivity index (χ0v) is 14.8. The van der Waals surface area contributed by atoms with Crippen molar-refractivity contribution in [2.45, 2.75) is 51.0 Å². The van der Waals surface area contributed by atoms with Crippen LogP contribution in [0.1, 0.15) is 27.2 Å². The van der Waals surface area contributed by atoms with Gasteiger partial charge in [-0.3, -0.25) is 0 Å². The Labute approximate surface area is 138 Å². The predicted molar refractivity (Wildman–Crippen MR) is 85.6 cm³/mol. The maximum absolute atomic E-state index is 12.5. The summed E-state index contributed by atoms with van der Waals surface area (Å²) < 4.78 is 11.4. The third-order valence-corrected chi connectivity index (χ3v) is 5.67. The smallest absolute Gasteiger partial charge is 0.341 e. The molecule has 2 aliphatic heterocycles. The molecular formula is C17H30NO5+. The number of carbonyl (C=O) groups excluding carboxylic acids is 1. The van der Waals surface area contributed by atoms with Gasteiger partial charge < -0.3 is 24.2 Å². The van der Waals surface area contributed by atoms with Crippen LogP contribution in [0.25, 0.3) is 0 Å². The molecule has 1 fully saturated rings. The maximum Gasteiger partial charge on any atom is 0.341 e. The molecule has 6 heteroatoms. The minimum absolute atomic E-state index is 0.00482. The van der Waals surface area contributed by atoms with E-state index in [1.807, 2.05) is 0 Å². The average Bonchev–Trinajstić information content (AvgIpc) is 2.99. The van der Waals surface area contributed by atoms with Crippen LogP contribution in [0.4, 0.5) is 0 Å². The number of aliphatic hydroxyl groups is 2. The highest BCUT2D eigenvalue weighted by molar-refractivity contribution is 5.80. The van der Waals surface area contributed by atoms with E-state index in [0.29, 0.717) is 0 Å². The van der Waals surface area contributed by atoms with Gasteiger partial charge in [0.2, 0.25) is 0 Å². The Bertz CT molecular complexity index is 491. The largest absolute Gasteiger partial charge is 0.459 e. The van der Waals surface area contributed by atoms with Gasteiger partial charge in [0.25, 0.3) is 0 Å². The molecular weight excluding hydrogens is 298 g/mol. The third kappa shape index (κ3) is 3.05. The van der Waals surface area contributed by atoms with Gasteiger partial charge in [0.15, 0.2) is 5.60 Å². The molecule has 132 valence electrons. The molecule has 2 aliphatic rings. The van der Waals surface area contributed by atoms with Gasteiger partial charge in [0.1, 0.15) is 18.8 Å². The summed E-state index contributed by atoms with van der Waals surface area (Å²) in [6.45, 7) is 7.07. The minimum Gasteiger partial charge on any atom is -0.459 e. The van der Waals surface area contributed by atoms with Gasteiger partial charge in [-0.2, -0.15) is 0 Å². The van der Waals surface area contributed by atoms with Crippen LogP contribution in [-0.2, 0) is 14.3 Å². The summed E-state index contributed by atoms with van der Waals surface area (Å²) in [5.74, 6) is -1.00. The number of fused-ring (bicyclic) bond motifs is 1. The van der Waals surface area contributed by atoms with E-state index in [1.165, 1.54) is 7.11 Å². The molecule has 0 saturated carbocycles. The van der Waals surface area contributed by atoms with Crippen molar-refractivity contribution >= 4 is 5.97 Å². The molecule has 2 heterocycles. The maximum atomic E-state index is 12.5. The first kappa shape index (κ1) is 18.4. The second-order valence-electron chi connectivity index (χ2n) is 7.40. The van der Waals surface area contributed by atoms with E-state index in [2.05, 4.69) is 13.1 Å². The number of nitrogens with zero attached hydrogens (tertiary/aromatic N) is 1. The number of esters is 1. The van der Waals surface area contributed by atoms with E-state index >= 15 is 0 Å². The molecule has 0 aromatic rings. The summed E-state index contributed by atoms with van der Waals surface area (Å²) in [6.07, 6.45) is 1.76. The highest BCUT2D eigenvalue weighted by atomic mass is 16.6. The molecule has 0 radical (unpaired) electrons. The molecule has 5 unspecified atom stereocenters. The fourth-order valence-electron chi connectivity index (χ4n) is 3.90. The molecule has 0 spiro atoms. The van der Waals surface area contributed by atoms with Crippen molar-refractivity contribution in [3.05, 3.63) is 11.6 Å². The number of methoxy groups -OCH3 is 1. The topological polar surface area (TPSA) is 76.0 Å². The normalized spacial score (nSPS) is 34.0. The SMILES string of the molecule is COC(C)C(O)(C(=O)OCC1=CC[N+]2(C)CCC(O)C12)C(C)C. The van der Waals surface area contributed by atoms with E-state index in [4.69, 9.17) is 9.47 Å². The number of ether oxygens (including phenoxy) is 2. The van der Waals surface area contributed by atoms with Gasteiger partial charge >= 0.3 is 5.97 Å². The minimum atomic E-state index is -1.68. The van der Waals surface area contributed by atoms with Crippen LogP contribution < -0.4 is 0 Å². The first-order valence-electron chi connectivity index (χ1n) is 8.30. The van der Waals surface area contributed by atoms with E-state index in [0.717, 1.165) is 29.6 Å². The lowest BCUT2D eigenvalue weighted by molar-refractivity contribution is -0.906. The predicted octanol–water partition coefficient (Wildman–Crippen LogP) is 0.471. The Morgan fingerprint density at radius 1 is 1.48 bits per heavy atom. The quantitative estimate of drug-likeness (QED) is 0.421. The molecule has 2 N–H and O–H groups in total. The molecule has 0 aromatic carbocycles. The van der Waals surface area contributed by atoms with E-state index in [1.54, 1.807) is 20.8 Å². The van der Waals surface area contributed by atoms with Crippen LogP contribution in [0.5, 0.6) is 0 Å². The second-order valence-corrected chi connectivity index (χ2v) is 7.40. The molecule has 2 rings (SSSR count). The fourth-order valence-corrected chi connectivity index (χ4v) is 3.90. The summed E-state index contributed by atoms with van der Waals surface area (Å²) in [6, 6.07) is -0.00482. The van der Waals surface area contributed by atoms with Crippen molar-refractivity contribution in [3.8, 4) is 0 Å². The Balaban J connectivity index is 2.04. The van der Waals surface area contributed by atoms with E-state index in [9.17, 15) is 15.0 Å². The van der Waals surface area contributed by atoms with Crippen LogP contribution in [0.3, 0.4) is 0 Å². The van der Waals surface area contributed by atoms with Crippen molar-refractivity contribution in [1.29, 1.82) is 0 Å². The van der Waals surface area contributed by atoms with Crippen LogP contribution in [-0.4, -0.2) is 78.4 Å². The van der Waals surface area contributed by atoms with Crippen LogP contribution in [0.2, 0.25) is 0 Å². The zero-order chi connectivity index (χ0) is 17.4. The van der Waals surface area contributed by atoms with Crippen molar-refractivity contribution in [2.24, 2.45) is 5.92 Å². The molecule has 1 saturated heterocycles. The molecule has 5 atom stereocenters. The van der Waals surface area contributed by atoms with Gasteiger partial charge in [0, 0.05) is 19.1 Å². The first-order chi connectivity index (χ1) is 10.7. The molecule has 23 heavy (non-hydrogen) atoms. The van der Waals surface area contributed by atoms with Gasteiger partial charge in [0.05, 0.1) is 26.2 Å².